The molecule has 76 valence electrons. The monoisotopic (exact) mass is 231 g/mol. The van der Waals surface area contributed by atoms with E-state index in [9.17, 15) is 0 Å². The predicted octanol–water partition coefficient (Wildman–Crippen LogP) is 2.25. The molecule has 1 aromatic heterocycles. The van der Waals surface area contributed by atoms with Crippen LogP contribution in [0.3, 0.4) is 0 Å². The minimum absolute atomic E-state index is 0.552. The zero-order valence-corrected chi connectivity index (χ0v) is 9.17. The number of aromatic nitrogens is 2. The van der Waals surface area contributed by atoms with Crippen molar-refractivity contribution < 1.29 is 0 Å². The molecule has 14 heavy (non-hydrogen) atoms. The second-order valence-electron chi connectivity index (χ2n) is 3.41. The van der Waals surface area contributed by atoms with Crippen LogP contribution < -0.4 is 4.90 Å². The zero-order chi connectivity index (χ0) is 10.0. The topological polar surface area (TPSA) is 29.0 Å². The van der Waals surface area contributed by atoms with Gasteiger partial charge in [0.2, 0.25) is 0 Å². The van der Waals surface area contributed by atoms with Crippen molar-refractivity contribution >= 4 is 29.0 Å². The Morgan fingerprint density at radius 2 is 2.00 bits per heavy atom. The number of alkyl halides is 2. The molecule has 1 aromatic rings. The van der Waals surface area contributed by atoms with Gasteiger partial charge in [0, 0.05) is 19.3 Å². The summed E-state index contributed by atoms with van der Waals surface area (Å²) in [6.45, 7) is 1.70. The van der Waals surface area contributed by atoms with Gasteiger partial charge >= 0.3 is 0 Å². The van der Waals surface area contributed by atoms with Gasteiger partial charge in [0.05, 0.1) is 0 Å². The number of hydrogen-bond donors (Lipinski definition) is 0. The van der Waals surface area contributed by atoms with Crippen molar-refractivity contribution in [1.82, 2.24) is 9.97 Å². The normalized spacial score (nSPS) is 20.9. The van der Waals surface area contributed by atoms with Crippen molar-refractivity contribution in [3.63, 3.8) is 0 Å². The first kappa shape index (κ1) is 9.99. The Kier molecular flexibility index (Phi) is 2.79. The van der Waals surface area contributed by atoms with Crippen molar-refractivity contribution in [2.45, 2.75) is 17.2 Å². The summed E-state index contributed by atoms with van der Waals surface area (Å²) >= 11 is 12.1. The van der Waals surface area contributed by atoms with E-state index >= 15 is 0 Å². The van der Waals surface area contributed by atoms with Crippen LogP contribution in [-0.4, -0.2) is 27.4 Å². The summed E-state index contributed by atoms with van der Waals surface area (Å²) in [7, 11) is 0. The van der Waals surface area contributed by atoms with Crippen LogP contribution in [0.25, 0.3) is 0 Å². The van der Waals surface area contributed by atoms with Crippen LogP contribution in [0.15, 0.2) is 18.6 Å². The maximum atomic E-state index is 6.03. The number of anilines is 1. The fourth-order valence-corrected chi connectivity index (χ4v) is 1.87. The molecule has 1 aliphatic rings. The standard InChI is InChI=1S/C9H11Cl2N3/c10-9(11)2-5-14(6-3-9)8-1-4-12-7-13-8/h1,4,7H,2-3,5-6H2. The Bertz CT molecular complexity index is 292. The van der Waals surface area contributed by atoms with Gasteiger partial charge in [0.15, 0.2) is 0 Å². The number of nitrogens with zero attached hydrogens (tertiary/aromatic N) is 3. The number of piperidine rings is 1. The van der Waals surface area contributed by atoms with Crippen molar-refractivity contribution in [3.8, 4) is 0 Å². The third-order valence-corrected chi connectivity index (χ3v) is 3.14. The first-order valence-corrected chi connectivity index (χ1v) is 5.32. The van der Waals surface area contributed by atoms with Crippen LogP contribution in [0.5, 0.6) is 0 Å². The fraction of sp³-hybridized carbons (Fsp3) is 0.556. The molecule has 2 rings (SSSR count). The molecular weight excluding hydrogens is 221 g/mol. The molecule has 0 radical (unpaired) electrons. The highest BCUT2D eigenvalue weighted by atomic mass is 35.5. The highest BCUT2D eigenvalue weighted by Crippen LogP contribution is 2.34. The molecule has 0 atom stereocenters. The van der Waals surface area contributed by atoms with Gasteiger partial charge in [0.25, 0.3) is 0 Å². The lowest BCUT2D eigenvalue weighted by Crippen LogP contribution is -2.38. The smallest absolute Gasteiger partial charge is 0.131 e. The van der Waals surface area contributed by atoms with Gasteiger partial charge in [-0.05, 0) is 18.9 Å². The van der Waals surface area contributed by atoms with E-state index in [1.54, 1.807) is 12.5 Å². The van der Waals surface area contributed by atoms with E-state index in [1.807, 2.05) is 6.07 Å². The molecule has 0 unspecified atom stereocenters. The Balaban J connectivity index is 2.03. The minimum Gasteiger partial charge on any atom is -0.356 e. The maximum Gasteiger partial charge on any atom is 0.131 e. The second-order valence-corrected chi connectivity index (χ2v) is 5.05. The van der Waals surface area contributed by atoms with Gasteiger partial charge < -0.3 is 4.90 Å². The number of halogens is 2. The van der Waals surface area contributed by atoms with E-state index in [0.717, 1.165) is 31.7 Å². The van der Waals surface area contributed by atoms with E-state index in [4.69, 9.17) is 23.2 Å². The highest BCUT2D eigenvalue weighted by Gasteiger charge is 2.30. The molecular formula is C9H11Cl2N3. The van der Waals surface area contributed by atoms with Crippen LogP contribution >= 0.6 is 23.2 Å². The Hall–Kier alpha value is -0.540. The van der Waals surface area contributed by atoms with E-state index in [2.05, 4.69) is 14.9 Å². The Morgan fingerprint density at radius 1 is 1.29 bits per heavy atom. The summed E-state index contributed by atoms with van der Waals surface area (Å²) in [5.74, 6) is 0.948. The lowest BCUT2D eigenvalue weighted by molar-refractivity contribution is 0.543. The average molecular weight is 232 g/mol. The number of rotatable bonds is 1. The Labute approximate surface area is 93.1 Å². The van der Waals surface area contributed by atoms with Crippen LogP contribution in [-0.2, 0) is 0 Å². The Morgan fingerprint density at radius 3 is 2.57 bits per heavy atom. The van der Waals surface area contributed by atoms with Crippen molar-refractivity contribution in [3.05, 3.63) is 18.6 Å². The van der Waals surface area contributed by atoms with Crippen LogP contribution in [0.2, 0.25) is 0 Å². The van der Waals surface area contributed by atoms with Crippen molar-refractivity contribution in [2.75, 3.05) is 18.0 Å². The third kappa shape index (κ3) is 2.28. The van der Waals surface area contributed by atoms with E-state index in [-0.39, 0.29) is 0 Å². The largest absolute Gasteiger partial charge is 0.356 e. The number of hydrogen-bond acceptors (Lipinski definition) is 3. The molecule has 0 N–H and O–H groups in total. The highest BCUT2D eigenvalue weighted by molar-refractivity contribution is 6.48. The van der Waals surface area contributed by atoms with Crippen molar-refractivity contribution in [1.29, 1.82) is 0 Å². The molecule has 1 fully saturated rings. The molecule has 1 saturated heterocycles. The van der Waals surface area contributed by atoms with E-state index < -0.39 is 4.33 Å². The summed E-state index contributed by atoms with van der Waals surface area (Å²) in [4.78, 5) is 10.2. The third-order valence-electron chi connectivity index (χ3n) is 2.39. The quantitative estimate of drug-likeness (QED) is 0.695. The second kappa shape index (κ2) is 3.91. The van der Waals surface area contributed by atoms with Gasteiger partial charge in [-0.2, -0.15) is 0 Å². The van der Waals surface area contributed by atoms with Gasteiger partial charge in [-0.25, -0.2) is 9.97 Å². The van der Waals surface area contributed by atoms with E-state index in [1.165, 1.54) is 0 Å². The fourth-order valence-electron chi connectivity index (χ4n) is 1.53. The zero-order valence-electron chi connectivity index (χ0n) is 7.66. The van der Waals surface area contributed by atoms with Crippen LogP contribution in [0.1, 0.15) is 12.8 Å². The summed E-state index contributed by atoms with van der Waals surface area (Å²) < 4.78 is -0.552. The molecule has 0 aliphatic carbocycles. The van der Waals surface area contributed by atoms with Gasteiger partial charge in [-0.15, -0.1) is 23.2 Å². The van der Waals surface area contributed by atoms with Gasteiger partial charge in [0.1, 0.15) is 16.5 Å². The summed E-state index contributed by atoms with van der Waals surface area (Å²) in [5, 5.41) is 0. The molecule has 2 heterocycles. The molecule has 5 heteroatoms. The molecule has 0 saturated carbocycles. The average Bonchev–Trinajstić information content (AvgIpc) is 2.19. The SMILES string of the molecule is ClC1(Cl)CCN(c2ccncn2)CC1. The molecule has 1 aliphatic heterocycles. The summed E-state index contributed by atoms with van der Waals surface area (Å²) in [6.07, 6.45) is 4.85. The van der Waals surface area contributed by atoms with E-state index in [0.29, 0.717) is 0 Å². The summed E-state index contributed by atoms with van der Waals surface area (Å²) in [6, 6.07) is 1.90. The van der Waals surface area contributed by atoms with Gasteiger partial charge in [-0.3, -0.25) is 0 Å². The molecule has 0 bridgehead atoms. The lowest BCUT2D eigenvalue weighted by Gasteiger charge is -2.34. The molecule has 0 spiro atoms. The molecule has 3 nitrogen and oxygen atoms in total. The van der Waals surface area contributed by atoms with Gasteiger partial charge in [-0.1, -0.05) is 0 Å². The maximum absolute atomic E-state index is 6.03. The lowest BCUT2D eigenvalue weighted by atomic mass is 10.1. The molecule has 0 amide bonds. The van der Waals surface area contributed by atoms with Crippen LogP contribution in [0.4, 0.5) is 5.82 Å². The van der Waals surface area contributed by atoms with Crippen molar-refractivity contribution in [2.24, 2.45) is 0 Å². The minimum atomic E-state index is -0.552. The first-order valence-electron chi connectivity index (χ1n) is 4.56. The predicted molar refractivity (Wildman–Crippen MR) is 57.9 cm³/mol. The first-order chi connectivity index (χ1) is 6.67. The summed E-state index contributed by atoms with van der Waals surface area (Å²) in [5.41, 5.74) is 0. The van der Waals surface area contributed by atoms with Crippen LogP contribution in [0, 0.1) is 0 Å². The molecule has 0 aromatic carbocycles.